The lowest BCUT2D eigenvalue weighted by molar-refractivity contribution is -0.00934. The van der Waals surface area contributed by atoms with E-state index >= 15 is 0 Å². The van der Waals surface area contributed by atoms with Crippen molar-refractivity contribution in [2.75, 3.05) is 6.61 Å². The molecule has 1 aliphatic heterocycles. The van der Waals surface area contributed by atoms with E-state index in [0.717, 1.165) is 4.90 Å². The summed E-state index contributed by atoms with van der Waals surface area (Å²) in [5.41, 5.74) is -0.939. The second-order valence-electron chi connectivity index (χ2n) is 7.93. The number of hydrogen-bond donors (Lipinski definition) is 0. The summed E-state index contributed by atoms with van der Waals surface area (Å²) in [5.74, 6) is 0.433. The van der Waals surface area contributed by atoms with Crippen molar-refractivity contribution in [2.45, 2.75) is 58.8 Å². The third kappa shape index (κ3) is 4.82. The Morgan fingerprint density at radius 1 is 1.12 bits per heavy atom. The Morgan fingerprint density at radius 2 is 1.62 bits per heavy atom. The van der Waals surface area contributed by atoms with Crippen molar-refractivity contribution in [3.63, 3.8) is 0 Å². The molecule has 0 fully saturated rings. The second-order valence-corrected chi connectivity index (χ2v) is 9.19. The number of rotatable bonds is 1. The number of carbonyl (C=O) groups excluding carboxylic acids is 2. The largest absolute Gasteiger partial charge is 0.489 e. The maximum atomic E-state index is 12.8. The molecule has 0 N–H and O–H groups in total. The minimum Gasteiger partial charge on any atom is -0.489 e. The number of hydrogen-bond acceptors (Lipinski definition) is 5. The molecule has 0 spiro atoms. The molecule has 1 aliphatic rings. The van der Waals surface area contributed by atoms with Crippen LogP contribution in [0.5, 0.6) is 5.75 Å². The van der Waals surface area contributed by atoms with Gasteiger partial charge in [-0.25, -0.2) is 14.5 Å². The molecular weight excluding hydrogens is 426 g/mol. The first kappa shape index (κ1) is 20.8. The van der Waals surface area contributed by atoms with Gasteiger partial charge in [0.25, 0.3) is 0 Å². The Hall–Kier alpha value is -1.47. The number of amides is 2. The average molecular weight is 449 g/mol. The fourth-order valence-electron chi connectivity index (χ4n) is 2.41. The van der Waals surface area contributed by atoms with Gasteiger partial charge in [-0.1, -0.05) is 27.5 Å². The summed E-state index contributed by atoms with van der Waals surface area (Å²) < 4.78 is 17.2. The molecule has 1 aromatic carbocycles. The summed E-state index contributed by atoms with van der Waals surface area (Å²) in [6.07, 6.45) is -1.61. The Balaban J connectivity index is 2.45. The van der Waals surface area contributed by atoms with Gasteiger partial charge < -0.3 is 14.2 Å². The quantitative estimate of drug-likeness (QED) is 0.550. The maximum absolute atomic E-state index is 12.8. The predicted molar refractivity (Wildman–Crippen MR) is 102 cm³/mol. The van der Waals surface area contributed by atoms with E-state index in [4.69, 9.17) is 25.8 Å². The molecule has 0 saturated carbocycles. The lowest BCUT2D eigenvalue weighted by Crippen LogP contribution is -2.46. The molecule has 0 aliphatic carbocycles. The number of carbonyl (C=O) groups is 2. The highest BCUT2D eigenvalue weighted by molar-refractivity contribution is 9.10. The van der Waals surface area contributed by atoms with Gasteiger partial charge in [0.1, 0.15) is 29.6 Å². The summed E-state index contributed by atoms with van der Waals surface area (Å²) in [5, 5.41) is 0.402. The van der Waals surface area contributed by atoms with Gasteiger partial charge >= 0.3 is 12.2 Å². The lowest BCUT2D eigenvalue weighted by Gasteiger charge is -2.31. The smallest absolute Gasteiger partial charge is 0.420 e. The number of imide groups is 1. The van der Waals surface area contributed by atoms with Crippen molar-refractivity contribution in [1.82, 2.24) is 4.90 Å². The second kappa shape index (κ2) is 7.27. The maximum Gasteiger partial charge on any atom is 0.420 e. The van der Waals surface area contributed by atoms with E-state index < -0.39 is 29.4 Å². The molecule has 1 atom stereocenters. The highest BCUT2D eigenvalue weighted by Gasteiger charge is 2.43. The number of ether oxygens (including phenoxy) is 3. The van der Waals surface area contributed by atoms with Crippen LogP contribution in [0.25, 0.3) is 0 Å². The molecule has 6 nitrogen and oxygen atoms in total. The molecule has 0 radical (unpaired) electrons. The van der Waals surface area contributed by atoms with Crippen molar-refractivity contribution >= 4 is 39.7 Å². The van der Waals surface area contributed by atoms with Crippen molar-refractivity contribution < 1.29 is 23.8 Å². The Labute approximate surface area is 166 Å². The van der Waals surface area contributed by atoms with Crippen molar-refractivity contribution in [1.29, 1.82) is 0 Å². The topological polar surface area (TPSA) is 65.1 Å². The van der Waals surface area contributed by atoms with Crippen LogP contribution in [0.2, 0.25) is 5.02 Å². The highest BCUT2D eigenvalue weighted by atomic mass is 79.9. The first-order chi connectivity index (χ1) is 11.8. The van der Waals surface area contributed by atoms with E-state index in [1.807, 2.05) is 0 Å². The molecule has 1 aromatic rings. The molecule has 8 heteroatoms. The highest BCUT2D eigenvalue weighted by Crippen LogP contribution is 2.45. The van der Waals surface area contributed by atoms with Gasteiger partial charge in [0.15, 0.2) is 0 Å². The summed E-state index contributed by atoms with van der Waals surface area (Å²) >= 11 is 9.63. The fourth-order valence-corrected chi connectivity index (χ4v) is 3.20. The van der Waals surface area contributed by atoms with Crippen LogP contribution in [0.3, 0.4) is 0 Å². The first-order valence-electron chi connectivity index (χ1n) is 8.16. The van der Waals surface area contributed by atoms with Gasteiger partial charge in [0.2, 0.25) is 0 Å². The Morgan fingerprint density at radius 3 is 2.08 bits per heavy atom. The summed E-state index contributed by atoms with van der Waals surface area (Å²) in [6, 6.07) is 2.70. The monoisotopic (exact) mass is 447 g/mol. The van der Waals surface area contributed by atoms with Gasteiger partial charge in [0.05, 0.1) is 5.02 Å². The van der Waals surface area contributed by atoms with Crippen LogP contribution in [-0.2, 0) is 9.47 Å². The van der Waals surface area contributed by atoms with Crippen molar-refractivity contribution in [2.24, 2.45) is 0 Å². The normalized spacial score (nSPS) is 16.5. The molecular formula is C18H23BrClNO5. The van der Waals surface area contributed by atoms with Crippen LogP contribution >= 0.6 is 27.5 Å². The van der Waals surface area contributed by atoms with Gasteiger partial charge in [0, 0.05) is 10.0 Å². The van der Waals surface area contributed by atoms with E-state index in [2.05, 4.69) is 15.9 Å². The molecule has 1 unspecified atom stereocenters. The third-order valence-electron chi connectivity index (χ3n) is 3.31. The number of benzene rings is 1. The third-order valence-corrected chi connectivity index (χ3v) is 4.29. The summed E-state index contributed by atoms with van der Waals surface area (Å²) in [6.45, 7) is 10.4. The molecule has 1 heterocycles. The van der Waals surface area contributed by atoms with Crippen LogP contribution < -0.4 is 4.74 Å². The zero-order chi connectivity index (χ0) is 19.9. The molecule has 0 bridgehead atoms. The van der Waals surface area contributed by atoms with Gasteiger partial charge in [-0.2, -0.15) is 0 Å². The Bertz CT molecular complexity index is 696. The van der Waals surface area contributed by atoms with Crippen LogP contribution in [0.1, 0.15) is 53.1 Å². The van der Waals surface area contributed by atoms with Crippen LogP contribution in [0.15, 0.2) is 16.6 Å². The number of halogens is 2. The predicted octanol–water partition coefficient (Wildman–Crippen LogP) is 5.71. The number of nitrogens with zero attached hydrogens (tertiary/aromatic N) is 1. The van der Waals surface area contributed by atoms with Crippen LogP contribution in [0, 0.1) is 0 Å². The first-order valence-corrected chi connectivity index (χ1v) is 9.33. The van der Waals surface area contributed by atoms with Gasteiger partial charge in [-0.05, 0) is 53.7 Å². The van der Waals surface area contributed by atoms with E-state index in [1.165, 1.54) is 0 Å². The van der Waals surface area contributed by atoms with Crippen molar-refractivity contribution in [3.05, 3.63) is 27.2 Å². The zero-order valence-electron chi connectivity index (χ0n) is 15.7. The SMILES string of the molecule is CC(C)(C)OC(=O)N(C(=O)OC(C)(C)C)C1COc2c(Cl)ccc(Br)c21. The van der Waals surface area contributed by atoms with E-state index in [1.54, 1.807) is 53.7 Å². The minimum atomic E-state index is -0.805. The molecule has 0 saturated heterocycles. The van der Waals surface area contributed by atoms with Crippen LogP contribution in [-0.4, -0.2) is 34.9 Å². The van der Waals surface area contributed by atoms with E-state index in [-0.39, 0.29) is 6.61 Å². The summed E-state index contributed by atoms with van der Waals surface area (Å²) in [4.78, 5) is 26.5. The van der Waals surface area contributed by atoms with Crippen LogP contribution in [0.4, 0.5) is 9.59 Å². The molecule has 0 aromatic heterocycles. The Kier molecular flexibility index (Phi) is 5.83. The molecule has 2 rings (SSSR count). The van der Waals surface area contributed by atoms with Crippen molar-refractivity contribution in [3.8, 4) is 5.75 Å². The zero-order valence-corrected chi connectivity index (χ0v) is 18.0. The van der Waals surface area contributed by atoms with E-state index in [0.29, 0.717) is 20.8 Å². The fraction of sp³-hybridized carbons (Fsp3) is 0.556. The molecule has 144 valence electrons. The van der Waals surface area contributed by atoms with Gasteiger partial charge in [-0.3, -0.25) is 0 Å². The minimum absolute atomic E-state index is 0.0656. The van der Waals surface area contributed by atoms with E-state index in [9.17, 15) is 9.59 Å². The standard InChI is InChI=1S/C18H23BrClNO5/c1-17(2,3)25-15(22)21(16(23)26-18(4,5)6)12-9-24-14-11(20)8-7-10(19)13(12)14/h7-8,12H,9H2,1-6H3. The molecule has 2 amide bonds. The van der Waals surface area contributed by atoms with Gasteiger partial charge in [-0.15, -0.1) is 0 Å². The molecule has 26 heavy (non-hydrogen) atoms. The number of fused-ring (bicyclic) bond motifs is 1. The average Bonchev–Trinajstić information content (AvgIpc) is 2.85. The lowest BCUT2D eigenvalue weighted by atomic mass is 10.1. The summed E-state index contributed by atoms with van der Waals surface area (Å²) in [7, 11) is 0.